The van der Waals surface area contributed by atoms with Crippen LogP contribution < -0.4 is 0 Å². The molecule has 2 aromatic rings. The van der Waals surface area contributed by atoms with Crippen LogP contribution in [0.4, 0.5) is 0 Å². The zero-order chi connectivity index (χ0) is 15.8. The van der Waals surface area contributed by atoms with Crippen LogP contribution in [0.5, 0.6) is 0 Å². The molecule has 0 radical (unpaired) electrons. The molecule has 0 aliphatic heterocycles. The maximum absolute atomic E-state index is 12.5. The molecule has 2 aromatic carbocycles. The van der Waals surface area contributed by atoms with Crippen LogP contribution in [-0.4, -0.2) is 5.97 Å². The van der Waals surface area contributed by atoms with Crippen LogP contribution in [0.15, 0.2) is 60.7 Å². The van der Waals surface area contributed by atoms with Crippen molar-refractivity contribution in [3.63, 3.8) is 0 Å². The van der Waals surface area contributed by atoms with Crippen LogP contribution in [0.3, 0.4) is 0 Å². The summed E-state index contributed by atoms with van der Waals surface area (Å²) in [6.45, 7) is 4.21. The molecule has 22 heavy (non-hydrogen) atoms. The molecule has 0 heterocycles. The van der Waals surface area contributed by atoms with Gasteiger partial charge in [0.15, 0.2) is 0 Å². The van der Waals surface area contributed by atoms with Crippen molar-refractivity contribution in [1.82, 2.24) is 0 Å². The first-order valence-electron chi connectivity index (χ1n) is 7.60. The number of rotatable bonds is 7. The second kappa shape index (κ2) is 7.76. The van der Waals surface area contributed by atoms with Crippen LogP contribution in [0.1, 0.15) is 37.8 Å². The van der Waals surface area contributed by atoms with Gasteiger partial charge in [0.05, 0.1) is 5.41 Å². The predicted octanol–water partition coefficient (Wildman–Crippen LogP) is 4.42. The average Bonchev–Trinajstić information content (AvgIpc) is 2.56. The molecule has 1 unspecified atom stereocenters. The second-order valence-electron chi connectivity index (χ2n) is 5.57. The number of carbonyl (C=O) groups is 1. The number of hydrogen-bond donors (Lipinski definition) is 0. The Morgan fingerprint density at radius 1 is 1.00 bits per heavy atom. The van der Waals surface area contributed by atoms with Crippen LogP contribution in [-0.2, 0) is 26.6 Å². The molecule has 0 N–H and O–H groups in total. The van der Waals surface area contributed by atoms with E-state index in [1.165, 1.54) is 0 Å². The van der Waals surface area contributed by atoms with E-state index in [0.29, 0.717) is 6.42 Å². The van der Waals surface area contributed by atoms with Gasteiger partial charge in [-0.2, -0.15) is 4.89 Å². The monoisotopic (exact) mass is 298 g/mol. The van der Waals surface area contributed by atoms with Crippen LogP contribution in [0.25, 0.3) is 0 Å². The molecule has 1 atom stereocenters. The zero-order valence-electron chi connectivity index (χ0n) is 13.1. The average molecular weight is 298 g/mol. The fraction of sp³-hybridized carbons (Fsp3) is 0.316. The highest BCUT2D eigenvalue weighted by Gasteiger charge is 2.36. The number of hydrogen-bond acceptors (Lipinski definition) is 3. The van der Waals surface area contributed by atoms with Crippen molar-refractivity contribution in [1.29, 1.82) is 0 Å². The lowest BCUT2D eigenvalue weighted by atomic mass is 9.79. The maximum atomic E-state index is 12.5. The third kappa shape index (κ3) is 3.95. The van der Waals surface area contributed by atoms with E-state index in [0.717, 1.165) is 17.5 Å². The molecule has 0 amide bonds. The molecule has 0 aliphatic rings. The van der Waals surface area contributed by atoms with Gasteiger partial charge in [-0.25, -0.2) is 4.79 Å². The molecular weight excluding hydrogens is 276 g/mol. The van der Waals surface area contributed by atoms with Crippen molar-refractivity contribution in [3.05, 3.63) is 71.8 Å². The van der Waals surface area contributed by atoms with Gasteiger partial charge in [-0.3, -0.25) is 4.89 Å². The zero-order valence-corrected chi connectivity index (χ0v) is 13.1. The fourth-order valence-electron chi connectivity index (χ4n) is 2.49. The summed E-state index contributed by atoms with van der Waals surface area (Å²) in [6.07, 6.45) is 1.60. The molecule has 0 bridgehead atoms. The van der Waals surface area contributed by atoms with Crippen molar-refractivity contribution in [2.75, 3.05) is 0 Å². The summed E-state index contributed by atoms with van der Waals surface area (Å²) < 4.78 is 0. The first-order chi connectivity index (χ1) is 10.7. The summed E-state index contributed by atoms with van der Waals surface area (Å²) in [7, 11) is 0. The van der Waals surface area contributed by atoms with Gasteiger partial charge in [0.25, 0.3) is 0 Å². The van der Waals surface area contributed by atoms with Crippen LogP contribution in [0, 0.1) is 0 Å². The summed E-state index contributed by atoms with van der Waals surface area (Å²) in [4.78, 5) is 22.7. The maximum Gasteiger partial charge on any atom is 0.352 e. The predicted molar refractivity (Wildman–Crippen MR) is 86.0 cm³/mol. The van der Waals surface area contributed by atoms with Gasteiger partial charge >= 0.3 is 5.97 Å². The molecule has 3 heteroatoms. The van der Waals surface area contributed by atoms with E-state index in [-0.39, 0.29) is 12.6 Å². The van der Waals surface area contributed by atoms with E-state index in [2.05, 4.69) is 6.92 Å². The summed E-state index contributed by atoms with van der Waals surface area (Å²) in [5, 5.41) is 0. The molecular formula is C19H22O3. The molecule has 116 valence electrons. The van der Waals surface area contributed by atoms with Crippen molar-refractivity contribution in [3.8, 4) is 0 Å². The van der Waals surface area contributed by atoms with Gasteiger partial charge in [-0.1, -0.05) is 74.0 Å². The molecule has 3 nitrogen and oxygen atoms in total. The summed E-state index contributed by atoms with van der Waals surface area (Å²) in [6, 6.07) is 19.3. The highest BCUT2D eigenvalue weighted by Crippen LogP contribution is 2.30. The quantitative estimate of drug-likeness (QED) is 0.560. The molecule has 2 rings (SSSR count). The molecule has 0 aromatic heterocycles. The van der Waals surface area contributed by atoms with E-state index in [1.54, 1.807) is 0 Å². The molecule has 0 aliphatic carbocycles. The number of carbonyl (C=O) groups excluding carboxylic acids is 1. The van der Waals surface area contributed by atoms with Gasteiger partial charge in [0.2, 0.25) is 0 Å². The Morgan fingerprint density at radius 2 is 1.59 bits per heavy atom. The van der Waals surface area contributed by atoms with E-state index >= 15 is 0 Å². The summed E-state index contributed by atoms with van der Waals surface area (Å²) >= 11 is 0. The Balaban J connectivity index is 2.01. The Kier molecular flexibility index (Phi) is 5.73. The lowest BCUT2D eigenvalue weighted by molar-refractivity contribution is -0.284. The van der Waals surface area contributed by atoms with Crippen molar-refractivity contribution >= 4 is 5.97 Å². The van der Waals surface area contributed by atoms with E-state index in [4.69, 9.17) is 9.78 Å². The van der Waals surface area contributed by atoms with Crippen molar-refractivity contribution in [2.24, 2.45) is 0 Å². The van der Waals surface area contributed by atoms with Crippen molar-refractivity contribution < 1.29 is 14.6 Å². The van der Waals surface area contributed by atoms with E-state index in [1.807, 2.05) is 67.6 Å². The highest BCUT2D eigenvalue weighted by atomic mass is 17.2. The Bertz CT molecular complexity index is 580. The van der Waals surface area contributed by atoms with Gasteiger partial charge < -0.3 is 0 Å². The van der Waals surface area contributed by atoms with Gasteiger partial charge in [0, 0.05) is 0 Å². The highest BCUT2D eigenvalue weighted by molar-refractivity contribution is 5.82. The van der Waals surface area contributed by atoms with Gasteiger partial charge in [-0.05, 0) is 24.5 Å². The summed E-state index contributed by atoms with van der Waals surface area (Å²) in [5.74, 6) is -0.350. The SMILES string of the molecule is CCCC(C)(C(=O)OOCc1ccccc1)c1ccccc1. The first kappa shape index (κ1) is 16.2. The smallest absolute Gasteiger partial charge is 0.297 e. The lowest BCUT2D eigenvalue weighted by Gasteiger charge is -2.26. The Morgan fingerprint density at radius 3 is 2.18 bits per heavy atom. The largest absolute Gasteiger partial charge is 0.352 e. The molecule has 0 saturated heterocycles. The minimum Gasteiger partial charge on any atom is -0.297 e. The molecule has 0 fully saturated rings. The van der Waals surface area contributed by atoms with Crippen LogP contribution >= 0.6 is 0 Å². The van der Waals surface area contributed by atoms with E-state index < -0.39 is 5.41 Å². The number of benzene rings is 2. The van der Waals surface area contributed by atoms with Gasteiger partial charge in [-0.15, -0.1) is 0 Å². The Labute approximate surface area is 131 Å². The lowest BCUT2D eigenvalue weighted by Crippen LogP contribution is -2.34. The van der Waals surface area contributed by atoms with E-state index in [9.17, 15) is 4.79 Å². The first-order valence-corrected chi connectivity index (χ1v) is 7.60. The van der Waals surface area contributed by atoms with Gasteiger partial charge in [0.1, 0.15) is 6.61 Å². The topological polar surface area (TPSA) is 35.5 Å². The minimum atomic E-state index is -0.688. The minimum absolute atomic E-state index is 0.254. The Hall–Kier alpha value is -2.13. The molecule has 0 spiro atoms. The van der Waals surface area contributed by atoms with Crippen molar-refractivity contribution in [2.45, 2.75) is 38.7 Å². The fourth-order valence-corrected chi connectivity index (χ4v) is 2.49. The third-order valence-electron chi connectivity index (χ3n) is 3.81. The molecule has 0 saturated carbocycles. The summed E-state index contributed by atoms with van der Waals surface area (Å²) in [5.41, 5.74) is 1.23. The second-order valence-corrected chi connectivity index (χ2v) is 5.57. The van der Waals surface area contributed by atoms with Crippen LogP contribution in [0.2, 0.25) is 0 Å². The third-order valence-corrected chi connectivity index (χ3v) is 3.81. The standard InChI is InChI=1S/C19H22O3/c1-3-14-19(2,17-12-8-5-9-13-17)18(20)22-21-15-16-10-6-4-7-11-16/h4-13H,3,14-15H2,1-2H3. The normalized spacial score (nSPS) is 13.4.